The predicted molar refractivity (Wildman–Crippen MR) is 44.5 cm³/mol. The van der Waals surface area contributed by atoms with Crippen LogP contribution in [0.1, 0.15) is 6.92 Å². The van der Waals surface area contributed by atoms with Gasteiger partial charge in [0.1, 0.15) is 0 Å². The van der Waals surface area contributed by atoms with Crippen LogP contribution in [0.15, 0.2) is 24.8 Å². The van der Waals surface area contributed by atoms with E-state index in [1.807, 2.05) is 6.92 Å². The lowest BCUT2D eigenvalue weighted by atomic mass is 10.4. The molecule has 0 fully saturated rings. The Labute approximate surface area is 64.7 Å². The Morgan fingerprint density at radius 3 is 1.55 bits per heavy atom. The van der Waals surface area contributed by atoms with E-state index in [2.05, 4.69) is 13.2 Å². The lowest BCUT2D eigenvalue weighted by molar-refractivity contribution is 1.45. The molecule has 0 bridgehead atoms. The van der Waals surface area contributed by atoms with Crippen molar-refractivity contribution in [1.82, 2.24) is 0 Å². The van der Waals surface area contributed by atoms with Crippen molar-refractivity contribution in [3.63, 3.8) is 0 Å². The van der Waals surface area contributed by atoms with Crippen LogP contribution < -0.4 is 0 Å². The zero-order chi connectivity index (χ0) is 9.70. The molecular weight excluding hydrogens is 144 g/mol. The molecule has 6 nitrogen and oxygen atoms in total. The Morgan fingerprint density at radius 1 is 1.45 bits per heavy atom. The Morgan fingerprint density at radius 2 is 1.55 bits per heavy atom. The molecule has 0 amide bonds. The highest BCUT2D eigenvalue weighted by Crippen LogP contribution is 1.81. The number of hydrogen-bond acceptors (Lipinski definition) is 1. The summed E-state index contributed by atoms with van der Waals surface area (Å²) in [5, 5.41) is 0. The minimum absolute atomic E-state index is 1.02. The van der Waals surface area contributed by atoms with Crippen LogP contribution in [-0.2, 0) is 0 Å². The van der Waals surface area contributed by atoms with Gasteiger partial charge in [0.05, 0.1) is 0 Å². The third kappa shape index (κ3) is 30100. The second-order valence-corrected chi connectivity index (χ2v) is 1.24. The van der Waals surface area contributed by atoms with Gasteiger partial charge in [-0.3, -0.25) is 4.91 Å². The van der Waals surface area contributed by atoms with Gasteiger partial charge in [0.2, 0.25) is 0 Å². The highest BCUT2D eigenvalue weighted by atomic mass is 15.0. The predicted octanol–water partition coefficient (Wildman–Crippen LogP) is 3.49. The van der Waals surface area contributed by atoms with E-state index in [-0.39, 0.29) is 0 Å². The van der Waals surface area contributed by atoms with Crippen molar-refractivity contribution in [1.29, 1.82) is 5.53 Å². The summed E-state index contributed by atoms with van der Waals surface area (Å²) in [7, 11) is 0. The molecule has 0 aliphatic carbocycles. The molecule has 0 atom stereocenters. The fraction of sp³-hybridized carbons (Fsp3) is 0.200. The quantitative estimate of drug-likeness (QED) is 0.256. The highest BCUT2D eigenvalue weighted by Gasteiger charge is 1.59. The number of hydrogen-bond donors (Lipinski definition) is 1. The van der Waals surface area contributed by atoms with Gasteiger partial charge in [-0.2, -0.15) is 0 Å². The maximum absolute atomic E-state index is 6.86. The smallest absolute Gasteiger partial charge is 0.00208 e. The Kier molecular flexibility index (Phi) is 35.4. The van der Waals surface area contributed by atoms with Crippen LogP contribution in [0.2, 0.25) is 0 Å². The van der Waals surface area contributed by atoms with E-state index in [4.69, 9.17) is 22.1 Å². The summed E-state index contributed by atoms with van der Waals surface area (Å²) in [5.74, 6) is 0. The van der Waals surface area contributed by atoms with E-state index in [0.717, 1.165) is 5.57 Å². The van der Waals surface area contributed by atoms with Crippen molar-refractivity contribution in [2.24, 2.45) is 0 Å². The molecule has 0 radical (unpaired) electrons. The van der Waals surface area contributed by atoms with Gasteiger partial charge in [-0.15, -0.1) is 5.53 Å². The van der Waals surface area contributed by atoms with Crippen molar-refractivity contribution >= 4 is 0 Å². The van der Waals surface area contributed by atoms with Gasteiger partial charge < -0.3 is 11.1 Å². The molecule has 0 aliphatic heterocycles. The number of rotatable bonds is 1. The van der Waals surface area contributed by atoms with E-state index in [9.17, 15) is 0 Å². The van der Waals surface area contributed by atoms with E-state index in [1.54, 1.807) is 11.0 Å². The second kappa shape index (κ2) is 24.3. The molecule has 0 aromatic carbocycles. The minimum atomic E-state index is 1.02. The van der Waals surface area contributed by atoms with Crippen LogP contribution in [0, 0.1) is 5.53 Å². The first-order chi connectivity index (χ1) is 5.10. The van der Waals surface area contributed by atoms with E-state index < -0.39 is 0 Å². The summed E-state index contributed by atoms with van der Waals surface area (Å²) in [6.45, 7) is 8.93. The van der Waals surface area contributed by atoms with Crippen molar-refractivity contribution in [3.8, 4) is 0 Å². The van der Waals surface area contributed by atoms with Gasteiger partial charge in [-0.25, -0.2) is 0 Å². The van der Waals surface area contributed by atoms with Gasteiger partial charge in [0.15, 0.2) is 0 Å². The molecule has 11 heavy (non-hydrogen) atoms. The van der Waals surface area contributed by atoms with Gasteiger partial charge in [-0.05, 0) is 17.4 Å². The highest BCUT2D eigenvalue weighted by molar-refractivity contribution is 5.05. The molecular formula is C5H9N6-. The number of allylic oxidation sites excluding steroid dienone is 2. The van der Waals surface area contributed by atoms with Crippen molar-refractivity contribution in [3.05, 3.63) is 51.2 Å². The minimum Gasteiger partial charge on any atom is -0.373 e. The summed E-state index contributed by atoms with van der Waals surface area (Å²) in [5.41, 5.74) is 26.8. The summed E-state index contributed by atoms with van der Waals surface area (Å²) < 4.78 is 0. The first-order valence-corrected chi connectivity index (χ1v) is 2.37. The normalized spacial score (nSPS) is 4.45. The molecule has 0 aliphatic rings. The third-order valence-corrected chi connectivity index (χ3v) is 0.348. The van der Waals surface area contributed by atoms with Gasteiger partial charge >= 0.3 is 0 Å². The summed E-state index contributed by atoms with van der Waals surface area (Å²) in [6, 6.07) is 0. The maximum Gasteiger partial charge on any atom is -0.00208 e. The molecule has 0 saturated heterocycles. The first kappa shape index (κ1) is 16.0. The Bertz CT molecular complexity index is 157. The van der Waals surface area contributed by atoms with Crippen LogP contribution in [0.25, 0.3) is 26.4 Å². The molecule has 60 valence electrons. The Hall–Kier alpha value is -1.90. The average molecular weight is 153 g/mol. The van der Waals surface area contributed by atoms with Crippen molar-refractivity contribution in [2.45, 2.75) is 6.92 Å². The van der Waals surface area contributed by atoms with Gasteiger partial charge in [0.25, 0.3) is 0 Å². The number of nitrogens with one attached hydrogen (secondary N) is 1. The summed E-state index contributed by atoms with van der Waals surface area (Å²) in [6.07, 6.45) is 1.72. The van der Waals surface area contributed by atoms with Gasteiger partial charge in [0, 0.05) is 0 Å². The van der Waals surface area contributed by atoms with Crippen molar-refractivity contribution < 1.29 is 0 Å². The number of nitrogens with zero attached hydrogens (tertiary/aromatic N) is 5. The lowest BCUT2D eigenvalue weighted by Crippen LogP contribution is -1.50. The molecule has 1 N–H and O–H groups in total. The second-order valence-electron chi connectivity index (χ2n) is 1.24. The molecule has 0 spiro atoms. The average Bonchev–Trinajstić information content (AvgIpc) is 1.91. The topological polar surface area (TPSA) is 119 Å². The fourth-order valence-electron chi connectivity index (χ4n) is 0. The molecule has 6 heteroatoms. The Balaban J connectivity index is -0.0000000933. The molecule has 0 rings (SSSR count). The van der Waals surface area contributed by atoms with E-state index in [1.165, 1.54) is 4.91 Å². The standard InChI is InChI=1S/C5H8.HN3.N3/c1-4-5(2)3;2*1-3-2/h4H,1-2H2,3H3;1H;/q;;-1. The van der Waals surface area contributed by atoms with E-state index in [0.29, 0.717) is 0 Å². The molecule has 0 aromatic heterocycles. The van der Waals surface area contributed by atoms with E-state index >= 15 is 0 Å². The SMILES string of the molecule is C=CC(=C)C.[N-]=[N+]=N.[N-]=[N+]=[N-]. The largest absolute Gasteiger partial charge is 0.373 e. The van der Waals surface area contributed by atoms with Crippen LogP contribution >= 0.6 is 0 Å². The van der Waals surface area contributed by atoms with Crippen LogP contribution in [0.4, 0.5) is 0 Å². The van der Waals surface area contributed by atoms with Crippen LogP contribution in [-0.4, -0.2) is 0 Å². The van der Waals surface area contributed by atoms with Crippen LogP contribution in [0.3, 0.4) is 0 Å². The fourth-order valence-corrected chi connectivity index (χ4v) is 0. The zero-order valence-electron chi connectivity index (χ0n) is 6.23. The molecule has 0 aromatic rings. The van der Waals surface area contributed by atoms with Gasteiger partial charge in [-0.1, -0.05) is 24.8 Å². The lowest BCUT2D eigenvalue weighted by Gasteiger charge is -1.71. The van der Waals surface area contributed by atoms with Crippen molar-refractivity contribution in [2.75, 3.05) is 0 Å². The molecule has 0 unspecified atom stereocenters. The van der Waals surface area contributed by atoms with Crippen LogP contribution in [0.5, 0.6) is 0 Å². The maximum atomic E-state index is 6.86. The third-order valence-electron chi connectivity index (χ3n) is 0.348. The zero-order valence-corrected chi connectivity index (χ0v) is 6.23. The monoisotopic (exact) mass is 153 g/mol. The molecule has 0 saturated carbocycles. The summed E-state index contributed by atoms with van der Waals surface area (Å²) >= 11 is 0. The summed E-state index contributed by atoms with van der Waals surface area (Å²) in [4.78, 5) is 3.25. The molecule has 0 heterocycles. The first-order valence-electron chi connectivity index (χ1n) is 2.37.